The highest BCUT2D eigenvalue weighted by atomic mass is 35.5. The molecule has 0 fully saturated rings. The molecule has 4 aromatic rings. The number of aromatic nitrogens is 3. The molecule has 0 aliphatic heterocycles. The number of hydrogen-bond donors (Lipinski definition) is 0. The minimum atomic E-state index is -3.27. The first-order valence-electron chi connectivity index (χ1n) is 8.35. The minimum absolute atomic E-state index is 0.265. The van der Waals surface area contributed by atoms with Crippen LogP contribution >= 0.6 is 11.6 Å². The Hall–Kier alpha value is -2.90. The third-order valence-corrected chi connectivity index (χ3v) is 5.84. The summed E-state index contributed by atoms with van der Waals surface area (Å²) < 4.78 is 30.7. The molecule has 2 aromatic carbocycles. The molecule has 0 aliphatic rings. The highest BCUT2D eigenvalue weighted by Crippen LogP contribution is 2.36. The molecule has 28 heavy (non-hydrogen) atoms. The van der Waals surface area contributed by atoms with Gasteiger partial charge in [0, 0.05) is 29.8 Å². The van der Waals surface area contributed by atoms with E-state index in [9.17, 15) is 8.42 Å². The topological polar surface area (TPSA) is 73.6 Å². The number of sulfone groups is 1. The van der Waals surface area contributed by atoms with Crippen LogP contribution in [0.15, 0.2) is 66.0 Å². The normalized spacial score (nSPS) is 11.7. The molecule has 0 unspecified atom stereocenters. The summed E-state index contributed by atoms with van der Waals surface area (Å²) in [6, 6.07) is 12.2. The largest absolute Gasteiger partial charge is 0.495 e. The zero-order valence-electron chi connectivity index (χ0n) is 15.1. The number of benzene rings is 2. The van der Waals surface area contributed by atoms with Gasteiger partial charge in [-0.25, -0.2) is 13.4 Å². The molecule has 0 saturated carbocycles. The molecule has 0 aliphatic carbocycles. The van der Waals surface area contributed by atoms with Gasteiger partial charge in [0.15, 0.2) is 15.5 Å². The molecule has 2 aromatic heterocycles. The van der Waals surface area contributed by atoms with E-state index >= 15 is 0 Å². The first-order valence-corrected chi connectivity index (χ1v) is 10.6. The SMILES string of the molecule is COc1ccc(-c2nc3cnccn3c2-c2ccc(S(C)(=O)=O)cc2)cc1Cl. The van der Waals surface area contributed by atoms with Gasteiger partial charge in [-0.15, -0.1) is 0 Å². The second kappa shape index (κ2) is 6.92. The molecule has 0 amide bonds. The summed E-state index contributed by atoms with van der Waals surface area (Å²) in [7, 11) is -1.71. The molecule has 0 radical (unpaired) electrons. The Labute approximate surface area is 167 Å². The highest BCUT2D eigenvalue weighted by Gasteiger charge is 2.18. The maximum atomic E-state index is 11.8. The Morgan fingerprint density at radius 1 is 1.07 bits per heavy atom. The smallest absolute Gasteiger partial charge is 0.175 e. The summed E-state index contributed by atoms with van der Waals surface area (Å²) in [5.41, 5.74) is 3.85. The summed E-state index contributed by atoms with van der Waals surface area (Å²) in [6.45, 7) is 0. The fourth-order valence-electron chi connectivity index (χ4n) is 3.06. The van der Waals surface area contributed by atoms with Crippen LogP contribution < -0.4 is 4.74 Å². The maximum Gasteiger partial charge on any atom is 0.175 e. The van der Waals surface area contributed by atoms with Gasteiger partial charge in [-0.3, -0.25) is 9.38 Å². The number of imidazole rings is 1. The van der Waals surface area contributed by atoms with E-state index in [2.05, 4.69) is 4.98 Å². The van der Waals surface area contributed by atoms with Crippen molar-refractivity contribution in [2.45, 2.75) is 4.90 Å². The van der Waals surface area contributed by atoms with Crippen LogP contribution in [-0.4, -0.2) is 36.2 Å². The number of rotatable bonds is 4. The number of methoxy groups -OCH3 is 1. The monoisotopic (exact) mass is 413 g/mol. The van der Waals surface area contributed by atoms with Crippen molar-refractivity contribution in [2.24, 2.45) is 0 Å². The lowest BCUT2D eigenvalue weighted by Gasteiger charge is -2.08. The standard InChI is InChI=1S/C20H16ClN3O3S/c1-27-17-8-5-14(11-16(17)21)19-20(24-10-9-22-12-18(24)23-19)13-3-6-15(7-4-13)28(2,25)26/h3-12H,1-2H3. The van der Waals surface area contributed by atoms with E-state index in [1.807, 2.05) is 16.7 Å². The number of ether oxygens (including phenoxy) is 1. The molecule has 4 rings (SSSR count). The van der Waals surface area contributed by atoms with Crippen LogP contribution in [0.3, 0.4) is 0 Å². The van der Waals surface area contributed by atoms with E-state index < -0.39 is 9.84 Å². The van der Waals surface area contributed by atoms with Crippen LogP contribution in [0.25, 0.3) is 28.2 Å². The Balaban J connectivity index is 1.95. The molecule has 142 valence electrons. The average molecular weight is 414 g/mol. The molecular formula is C20H16ClN3O3S. The van der Waals surface area contributed by atoms with Gasteiger partial charge < -0.3 is 4.74 Å². The molecule has 0 bridgehead atoms. The van der Waals surface area contributed by atoms with Crippen molar-refractivity contribution in [3.8, 4) is 28.3 Å². The summed E-state index contributed by atoms with van der Waals surface area (Å²) in [5, 5.41) is 0.480. The zero-order chi connectivity index (χ0) is 19.9. The summed E-state index contributed by atoms with van der Waals surface area (Å²) >= 11 is 6.31. The van der Waals surface area contributed by atoms with Crippen molar-refractivity contribution in [1.82, 2.24) is 14.4 Å². The van der Waals surface area contributed by atoms with Crippen molar-refractivity contribution in [3.05, 3.63) is 66.1 Å². The Morgan fingerprint density at radius 2 is 1.79 bits per heavy atom. The quantitative estimate of drug-likeness (QED) is 0.503. The zero-order valence-corrected chi connectivity index (χ0v) is 16.7. The van der Waals surface area contributed by atoms with Gasteiger partial charge in [-0.1, -0.05) is 23.7 Å². The maximum absolute atomic E-state index is 11.8. The van der Waals surface area contributed by atoms with Gasteiger partial charge in [0.1, 0.15) is 5.75 Å². The van der Waals surface area contributed by atoms with Crippen molar-refractivity contribution in [1.29, 1.82) is 0 Å². The predicted molar refractivity (Wildman–Crippen MR) is 109 cm³/mol. The van der Waals surface area contributed by atoms with Gasteiger partial charge in [0.05, 0.1) is 34.6 Å². The second-order valence-electron chi connectivity index (χ2n) is 6.26. The van der Waals surface area contributed by atoms with E-state index in [-0.39, 0.29) is 4.90 Å². The van der Waals surface area contributed by atoms with Crippen LogP contribution in [0.4, 0.5) is 0 Å². The number of hydrogen-bond acceptors (Lipinski definition) is 5. The fraction of sp³-hybridized carbons (Fsp3) is 0.100. The number of halogens is 1. The van der Waals surface area contributed by atoms with E-state index in [0.717, 1.165) is 16.8 Å². The predicted octanol–water partition coefficient (Wildman–Crippen LogP) is 4.13. The summed E-state index contributed by atoms with van der Waals surface area (Å²) in [6.07, 6.45) is 6.35. The average Bonchev–Trinajstić information content (AvgIpc) is 3.07. The van der Waals surface area contributed by atoms with Gasteiger partial charge >= 0.3 is 0 Å². The van der Waals surface area contributed by atoms with Gasteiger partial charge in [-0.2, -0.15) is 0 Å². The molecule has 0 saturated heterocycles. The van der Waals surface area contributed by atoms with Crippen LogP contribution in [0.2, 0.25) is 5.02 Å². The summed E-state index contributed by atoms with van der Waals surface area (Å²) in [5.74, 6) is 0.579. The first kappa shape index (κ1) is 18.5. The molecule has 8 heteroatoms. The first-order chi connectivity index (χ1) is 13.4. The second-order valence-corrected chi connectivity index (χ2v) is 8.68. The van der Waals surface area contributed by atoms with Crippen LogP contribution in [0.5, 0.6) is 5.75 Å². The molecule has 0 atom stereocenters. The van der Waals surface area contributed by atoms with Crippen molar-refractivity contribution in [2.75, 3.05) is 13.4 Å². The van der Waals surface area contributed by atoms with Crippen molar-refractivity contribution in [3.63, 3.8) is 0 Å². The lowest BCUT2D eigenvalue weighted by Crippen LogP contribution is -1.97. The van der Waals surface area contributed by atoms with E-state index in [4.69, 9.17) is 21.3 Å². The van der Waals surface area contributed by atoms with E-state index in [0.29, 0.717) is 22.1 Å². The van der Waals surface area contributed by atoms with Gasteiger partial charge in [-0.05, 0) is 30.3 Å². The lowest BCUT2D eigenvalue weighted by atomic mass is 10.0. The highest BCUT2D eigenvalue weighted by molar-refractivity contribution is 7.90. The lowest BCUT2D eigenvalue weighted by molar-refractivity contribution is 0.415. The Morgan fingerprint density at radius 3 is 2.43 bits per heavy atom. The van der Waals surface area contributed by atoms with Gasteiger partial charge in [0.2, 0.25) is 0 Å². The molecular weight excluding hydrogens is 398 g/mol. The van der Waals surface area contributed by atoms with E-state index in [1.165, 1.54) is 6.26 Å². The Kier molecular flexibility index (Phi) is 4.56. The van der Waals surface area contributed by atoms with Crippen LogP contribution in [0, 0.1) is 0 Å². The third kappa shape index (κ3) is 3.23. The molecule has 0 N–H and O–H groups in total. The number of fused-ring (bicyclic) bond motifs is 1. The molecule has 6 nitrogen and oxygen atoms in total. The van der Waals surface area contributed by atoms with Crippen LogP contribution in [0.1, 0.15) is 0 Å². The van der Waals surface area contributed by atoms with Crippen LogP contribution in [-0.2, 0) is 9.84 Å². The van der Waals surface area contributed by atoms with Crippen molar-refractivity contribution >= 4 is 27.1 Å². The number of nitrogens with zero attached hydrogens (tertiary/aromatic N) is 3. The summed E-state index contributed by atoms with van der Waals surface area (Å²) in [4.78, 5) is 9.11. The Bertz CT molecular complexity index is 1280. The molecule has 0 spiro atoms. The minimum Gasteiger partial charge on any atom is -0.495 e. The van der Waals surface area contributed by atoms with Gasteiger partial charge in [0.25, 0.3) is 0 Å². The third-order valence-electron chi connectivity index (χ3n) is 4.41. The van der Waals surface area contributed by atoms with Crippen molar-refractivity contribution < 1.29 is 13.2 Å². The molecule has 2 heterocycles. The van der Waals surface area contributed by atoms with E-state index in [1.54, 1.807) is 55.9 Å². The fourth-order valence-corrected chi connectivity index (χ4v) is 3.95.